The fraction of sp³-hybridized carbons (Fsp3) is 0.0909. The van der Waals surface area contributed by atoms with Gasteiger partial charge in [-0.1, -0.05) is 0 Å². The van der Waals surface area contributed by atoms with E-state index in [9.17, 15) is 4.79 Å². The summed E-state index contributed by atoms with van der Waals surface area (Å²) in [6, 6.07) is 3.76. The predicted octanol–water partition coefficient (Wildman–Crippen LogP) is 4.23. The molecular weight excluding hydrogens is 368 g/mol. The molecule has 0 atom stereocenters. The van der Waals surface area contributed by atoms with Crippen molar-refractivity contribution < 1.29 is 4.79 Å². The lowest BCUT2D eigenvalue weighted by Crippen LogP contribution is -2.12. The summed E-state index contributed by atoms with van der Waals surface area (Å²) in [5.74, 6) is 0.434. The van der Waals surface area contributed by atoms with E-state index in [1.807, 2.05) is 24.4 Å². The lowest BCUT2D eigenvalue weighted by Gasteiger charge is -2.06. The quantitative estimate of drug-likeness (QED) is 0.853. The molecule has 3 nitrogen and oxygen atoms in total. The highest BCUT2D eigenvalue weighted by atomic mass is 79.9. The molecule has 0 aliphatic rings. The van der Waals surface area contributed by atoms with Gasteiger partial charge in [-0.15, -0.1) is 11.3 Å². The number of rotatable bonds is 2. The average Bonchev–Trinajstić information content (AvgIpc) is 2.68. The molecule has 0 aromatic carbocycles. The summed E-state index contributed by atoms with van der Waals surface area (Å²) in [6.45, 7) is 1.90. The minimum absolute atomic E-state index is 0.148. The Morgan fingerprint density at radius 1 is 1.47 bits per heavy atom. The third-order valence-corrected chi connectivity index (χ3v) is 4.37. The van der Waals surface area contributed by atoms with Gasteiger partial charge in [0.1, 0.15) is 10.7 Å². The minimum Gasteiger partial charge on any atom is -0.306 e. The Hall–Kier alpha value is -0.720. The highest BCUT2D eigenvalue weighted by molar-refractivity contribution is 9.10. The Bertz CT molecular complexity index is 568. The first-order chi connectivity index (χ1) is 8.08. The number of amides is 1. The van der Waals surface area contributed by atoms with Crippen molar-refractivity contribution in [2.45, 2.75) is 6.92 Å². The van der Waals surface area contributed by atoms with Crippen LogP contribution in [0.5, 0.6) is 0 Å². The van der Waals surface area contributed by atoms with Gasteiger partial charge in [0.15, 0.2) is 0 Å². The van der Waals surface area contributed by atoms with Crippen LogP contribution in [0.1, 0.15) is 15.2 Å². The summed E-state index contributed by atoms with van der Waals surface area (Å²) >= 11 is 8.05. The van der Waals surface area contributed by atoms with E-state index in [0.717, 1.165) is 14.5 Å². The normalized spacial score (nSPS) is 10.3. The fourth-order valence-electron chi connectivity index (χ4n) is 1.29. The van der Waals surface area contributed by atoms with Gasteiger partial charge in [-0.25, -0.2) is 4.98 Å². The van der Waals surface area contributed by atoms with E-state index in [0.29, 0.717) is 10.7 Å². The van der Waals surface area contributed by atoms with Gasteiger partial charge in [-0.2, -0.15) is 0 Å². The molecule has 0 saturated heterocycles. The topological polar surface area (TPSA) is 42.0 Å². The van der Waals surface area contributed by atoms with Crippen molar-refractivity contribution in [3.05, 3.63) is 43.1 Å². The molecule has 88 valence electrons. The first-order valence-electron chi connectivity index (χ1n) is 4.74. The molecule has 0 bridgehead atoms. The molecular formula is C11H8Br2N2OS. The first kappa shape index (κ1) is 12.7. The number of pyridine rings is 1. The molecule has 17 heavy (non-hydrogen) atoms. The highest BCUT2D eigenvalue weighted by Gasteiger charge is 2.13. The van der Waals surface area contributed by atoms with Crippen molar-refractivity contribution in [2.24, 2.45) is 0 Å². The third-order valence-electron chi connectivity index (χ3n) is 2.10. The van der Waals surface area contributed by atoms with Crippen molar-refractivity contribution in [3.63, 3.8) is 0 Å². The molecule has 1 N–H and O–H groups in total. The monoisotopic (exact) mass is 374 g/mol. The largest absolute Gasteiger partial charge is 0.306 e. The van der Waals surface area contributed by atoms with E-state index >= 15 is 0 Å². The molecule has 0 fully saturated rings. The number of carbonyl (C=O) groups is 1. The lowest BCUT2D eigenvalue weighted by atomic mass is 10.3. The number of nitrogens with zero attached hydrogens (tertiary/aromatic N) is 1. The Kier molecular flexibility index (Phi) is 3.96. The van der Waals surface area contributed by atoms with Gasteiger partial charge in [0, 0.05) is 15.1 Å². The number of hydrogen-bond acceptors (Lipinski definition) is 3. The smallest absolute Gasteiger partial charge is 0.268 e. The Labute approximate surface area is 120 Å². The molecule has 2 rings (SSSR count). The van der Waals surface area contributed by atoms with Crippen molar-refractivity contribution in [1.82, 2.24) is 4.98 Å². The molecule has 2 heterocycles. The number of anilines is 1. The fourth-order valence-corrected chi connectivity index (χ4v) is 3.18. The first-order valence-corrected chi connectivity index (χ1v) is 7.21. The minimum atomic E-state index is -0.148. The SMILES string of the molecule is Cc1cc(Br)cnc1NC(=O)c1sccc1Br. The second kappa shape index (κ2) is 5.29. The van der Waals surface area contributed by atoms with Crippen LogP contribution in [0.2, 0.25) is 0 Å². The number of nitrogens with one attached hydrogen (secondary N) is 1. The molecule has 0 saturated carbocycles. The van der Waals surface area contributed by atoms with Crippen LogP contribution in [0.3, 0.4) is 0 Å². The van der Waals surface area contributed by atoms with Gasteiger partial charge >= 0.3 is 0 Å². The standard InChI is InChI=1S/C11H8Br2N2OS/c1-6-4-7(12)5-14-10(6)15-11(16)9-8(13)2-3-17-9/h2-5H,1H3,(H,14,15,16). The highest BCUT2D eigenvalue weighted by Crippen LogP contribution is 2.24. The average molecular weight is 376 g/mol. The molecule has 0 aliphatic carbocycles. The van der Waals surface area contributed by atoms with Gasteiger partial charge in [0.25, 0.3) is 5.91 Å². The van der Waals surface area contributed by atoms with Gasteiger partial charge in [-0.3, -0.25) is 4.79 Å². The molecule has 1 amide bonds. The maximum atomic E-state index is 12.0. The lowest BCUT2D eigenvalue weighted by molar-refractivity contribution is 0.102. The van der Waals surface area contributed by atoms with Crippen LogP contribution >= 0.6 is 43.2 Å². The van der Waals surface area contributed by atoms with Gasteiger partial charge in [-0.05, 0) is 61.9 Å². The second-order valence-electron chi connectivity index (χ2n) is 3.37. The number of aromatic nitrogens is 1. The summed E-state index contributed by atoms with van der Waals surface area (Å²) in [5.41, 5.74) is 0.917. The van der Waals surface area contributed by atoms with Crippen LogP contribution in [0.15, 0.2) is 32.7 Å². The number of thiophene rings is 1. The zero-order chi connectivity index (χ0) is 12.4. The van der Waals surface area contributed by atoms with Crippen molar-refractivity contribution in [1.29, 1.82) is 0 Å². The van der Waals surface area contributed by atoms with Crippen LogP contribution in [0.4, 0.5) is 5.82 Å². The van der Waals surface area contributed by atoms with Crippen molar-refractivity contribution >= 4 is 54.9 Å². The van der Waals surface area contributed by atoms with Crippen LogP contribution in [-0.4, -0.2) is 10.9 Å². The Balaban J connectivity index is 2.22. The summed E-state index contributed by atoms with van der Waals surface area (Å²) in [4.78, 5) is 16.8. The number of aryl methyl sites for hydroxylation is 1. The molecule has 2 aromatic heterocycles. The van der Waals surface area contributed by atoms with Crippen molar-refractivity contribution in [2.75, 3.05) is 5.32 Å². The van der Waals surface area contributed by atoms with Crippen LogP contribution < -0.4 is 5.32 Å². The Morgan fingerprint density at radius 3 is 2.82 bits per heavy atom. The van der Waals surface area contributed by atoms with Gasteiger partial charge in [0.05, 0.1) is 0 Å². The van der Waals surface area contributed by atoms with Crippen LogP contribution in [-0.2, 0) is 0 Å². The van der Waals surface area contributed by atoms with E-state index in [-0.39, 0.29) is 5.91 Å². The van der Waals surface area contributed by atoms with E-state index < -0.39 is 0 Å². The molecule has 2 aromatic rings. The maximum absolute atomic E-state index is 12.0. The van der Waals surface area contributed by atoms with E-state index in [2.05, 4.69) is 42.2 Å². The van der Waals surface area contributed by atoms with Gasteiger partial charge < -0.3 is 5.32 Å². The maximum Gasteiger partial charge on any atom is 0.268 e. The zero-order valence-electron chi connectivity index (χ0n) is 8.83. The predicted molar refractivity (Wildman–Crippen MR) is 76.6 cm³/mol. The number of carbonyl (C=O) groups excluding carboxylic acids is 1. The molecule has 0 unspecified atom stereocenters. The van der Waals surface area contributed by atoms with Crippen LogP contribution in [0.25, 0.3) is 0 Å². The van der Waals surface area contributed by atoms with E-state index in [4.69, 9.17) is 0 Å². The van der Waals surface area contributed by atoms with Gasteiger partial charge in [0.2, 0.25) is 0 Å². The second-order valence-corrected chi connectivity index (χ2v) is 6.06. The van der Waals surface area contributed by atoms with Crippen LogP contribution in [0, 0.1) is 6.92 Å². The molecule has 0 aliphatic heterocycles. The molecule has 0 spiro atoms. The number of halogens is 2. The molecule has 6 heteroatoms. The van der Waals surface area contributed by atoms with E-state index in [1.165, 1.54) is 11.3 Å². The summed E-state index contributed by atoms with van der Waals surface area (Å²) in [7, 11) is 0. The number of hydrogen-bond donors (Lipinski definition) is 1. The summed E-state index contributed by atoms with van der Waals surface area (Å²) in [5, 5.41) is 4.65. The zero-order valence-corrected chi connectivity index (χ0v) is 12.8. The third kappa shape index (κ3) is 2.94. The summed E-state index contributed by atoms with van der Waals surface area (Å²) < 4.78 is 1.69. The van der Waals surface area contributed by atoms with Crippen molar-refractivity contribution in [3.8, 4) is 0 Å². The summed E-state index contributed by atoms with van der Waals surface area (Å²) in [6.07, 6.45) is 1.66. The molecule has 0 radical (unpaired) electrons. The Morgan fingerprint density at radius 2 is 2.24 bits per heavy atom. The van der Waals surface area contributed by atoms with E-state index in [1.54, 1.807) is 6.20 Å².